The number of aliphatic hydroxyl groups is 1. The van der Waals surface area contributed by atoms with Gasteiger partial charge in [0.05, 0.1) is 83.1 Å². The summed E-state index contributed by atoms with van der Waals surface area (Å²) in [5, 5.41) is 16.2. The van der Waals surface area contributed by atoms with Gasteiger partial charge < -0.3 is 91.9 Å². The zero-order valence-corrected chi connectivity index (χ0v) is 62.5. The van der Waals surface area contributed by atoms with Gasteiger partial charge in [0.15, 0.2) is 59.2 Å². The van der Waals surface area contributed by atoms with Gasteiger partial charge in [0.25, 0.3) is 11.8 Å². The fourth-order valence-electron chi connectivity index (χ4n) is 12.7. The standard InChI is InChI=1S/C77H95IN4O21/c1-12-56(51-39-65(94-6)72(98-10)66(40-51)95-7)74(86)81-33-15-13-23-57(81)76(88)102-59(29-25-47-27-31-61(90-2)63(35-47)92-4)49-19-17-21-54(37-49)100-45-69(84)79-43-53(83)44-80-70(85)46-101-55-22-18-20-50(38-55)60(30-26-48-28-32-62(91-3)64(36-48)93-5)103-77(89)58-24-14-16-34-82(58)75(87)71(78)52-41-67(96-8)73(99-11)68(42-52)97-9/h17-22,27-28,31-32,35-42,53,56-60,71,83H,12-16,23-26,29-30,33-34,43-46H2,1-11H3,(H,79,84)(H,80,85)/t53?,56?,57-,58-,59?,60+,71-/m0/s1. The number of nitrogens with one attached hydrogen (secondary N) is 2. The number of methoxy groups -OCH3 is 10. The summed E-state index contributed by atoms with van der Waals surface area (Å²) in [6.07, 6.45) is 2.68. The number of esters is 2. The first kappa shape index (κ1) is 79.1. The molecule has 4 amide bonds. The Morgan fingerprint density at radius 1 is 0.466 bits per heavy atom. The summed E-state index contributed by atoms with van der Waals surface area (Å²) in [6.45, 7) is 1.25. The van der Waals surface area contributed by atoms with Gasteiger partial charge in [-0.2, -0.15) is 0 Å². The monoisotopic (exact) mass is 1540 g/mol. The molecular weight excluding hydrogens is 1440 g/mol. The number of benzene rings is 6. The van der Waals surface area contributed by atoms with Gasteiger partial charge in [-0.1, -0.05) is 65.9 Å². The zero-order valence-electron chi connectivity index (χ0n) is 60.3. The van der Waals surface area contributed by atoms with Crippen molar-refractivity contribution in [2.75, 3.05) is 110 Å². The summed E-state index contributed by atoms with van der Waals surface area (Å²) < 4.78 is 79.6. The maximum absolute atomic E-state index is 14.7. The number of carbonyl (C=O) groups excluding carboxylic acids is 6. The van der Waals surface area contributed by atoms with Crippen LogP contribution >= 0.6 is 22.6 Å². The number of aryl methyl sites for hydroxylation is 2. The van der Waals surface area contributed by atoms with E-state index < -0.39 is 77.2 Å². The second-order valence-electron chi connectivity index (χ2n) is 24.6. The summed E-state index contributed by atoms with van der Waals surface area (Å²) in [5.74, 6) is 1.76. The molecule has 6 aromatic rings. The molecule has 103 heavy (non-hydrogen) atoms. The highest BCUT2D eigenvalue weighted by atomic mass is 127. The highest BCUT2D eigenvalue weighted by Crippen LogP contribution is 2.45. The number of alkyl halides is 1. The van der Waals surface area contributed by atoms with E-state index in [1.165, 1.54) is 42.7 Å². The minimum Gasteiger partial charge on any atom is -0.493 e. The Balaban J connectivity index is 0.874. The first-order valence-corrected chi connectivity index (χ1v) is 35.5. The Labute approximate surface area is 615 Å². The zero-order chi connectivity index (χ0) is 74.1. The minimum atomic E-state index is -1.20. The molecule has 2 saturated heterocycles. The second kappa shape index (κ2) is 39.2. The van der Waals surface area contributed by atoms with Gasteiger partial charge in [0, 0.05) is 26.2 Å². The van der Waals surface area contributed by atoms with Crippen molar-refractivity contribution in [2.24, 2.45) is 0 Å². The molecular formula is C77H95IN4O21. The van der Waals surface area contributed by atoms with Crippen molar-refractivity contribution >= 4 is 58.2 Å². The molecule has 26 heteroatoms. The number of nitrogens with zero attached hydrogens (tertiary/aromatic N) is 2. The predicted octanol–water partition coefficient (Wildman–Crippen LogP) is 10.4. The number of halogens is 1. The van der Waals surface area contributed by atoms with E-state index in [1.54, 1.807) is 123 Å². The Morgan fingerprint density at radius 3 is 1.25 bits per heavy atom. The number of amides is 4. The van der Waals surface area contributed by atoms with Crippen LogP contribution in [0.2, 0.25) is 0 Å². The molecule has 3 N–H and O–H groups in total. The van der Waals surface area contributed by atoms with Crippen LogP contribution in [0.3, 0.4) is 0 Å². The van der Waals surface area contributed by atoms with Gasteiger partial charge in [-0.3, -0.25) is 19.2 Å². The smallest absolute Gasteiger partial charge is 0.329 e. The first-order chi connectivity index (χ1) is 49.9. The molecule has 0 aliphatic carbocycles. The molecule has 0 spiro atoms. The lowest BCUT2D eigenvalue weighted by atomic mass is 9.91. The summed E-state index contributed by atoms with van der Waals surface area (Å²) >= 11 is 2.07. The van der Waals surface area contributed by atoms with Crippen LogP contribution in [0.15, 0.2) is 109 Å². The van der Waals surface area contributed by atoms with Gasteiger partial charge in [0.2, 0.25) is 23.3 Å². The molecule has 7 atom stereocenters. The van der Waals surface area contributed by atoms with Gasteiger partial charge in [-0.05, 0) is 177 Å². The molecule has 556 valence electrons. The van der Waals surface area contributed by atoms with Crippen molar-refractivity contribution in [3.05, 3.63) is 143 Å². The van der Waals surface area contributed by atoms with E-state index in [0.717, 1.165) is 11.1 Å². The third kappa shape index (κ3) is 20.8. The van der Waals surface area contributed by atoms with Crippen LogP contribution in [0.5, 0.6) is 69.0 Å². The van der Waals surface area contributed by atoms with Crippen LogP contribution in [-0.2, 0) is 51.1 Å². The van der Waals surface area contributed by atoms with Crippen LogP contribution in [0, 0.1) is 0 Å². The normalized spacial score (nSPS) is 15.7. The number of hydrogen-bond acceptors (Lipinski definition) is 21. The van der Waals surface area contributed by atoms with Crippen LogP contribution in [0.1, 0.15) is 120 Å². The lowest BCUT2D eigenvalue weighted by molar-refractivity contribution is -0.162. The van der Waals surface area contributed by atoms with Crippen LogP contribution < -0.4 is 67.5 Å². The predicted molar refractivity (Wildman–Crippen MR) is 390 cm³/mol. The Bertz CT molecular complexity index is 3800. The number of piperidine rings is 2. The molecule has 0 radical (unpaired) electrons. The van der Waals surface area contributed by atoms with Crippen molar-refractivity contribution in [1.29, 1.82) is 0 Å². The molecule has 3 unspecified atom stereocenters. The summed E-state index contributed by atoms with van der Waals surface area (Å²) in [4.78, 5) is 87.9. The van der Waals surface area contributed by atoms with Crippen molar-refractivity contribution < 1.29 is 100 Å². The Morgan fingerprint density at radius 2 is 0.864 bits per heavy atom. The molecule has 8 rings (SSSR count). The average Bonchev–Trinajstić information content (AvgIpc) is 0.799. The number of rotatable bonds is 37. The van der Waals surface area contributed by atoms with Gasteiger partial charge in [-0.25, -0.2) is 9.59 Å². The van der Waals surface area contributed by atoms with E-state index in [0.29, 0.717) is 175 Å². The fraction of sp³-hybridized carbons (Fsp3) is 0.455. The molecule has 0 saturated carbocycles. The lowest BCUT2D eigenvalue weighted by Crippen LogP contribution is -2.50. The Kier molecular flexibility index (Phi) is 30.1. The molecule has 6 aromatic carbocycles. The minimum absolute atomic E-state index is 0.230. The van der Waals surface area contributed by atoms with Crippen molar-refractivity contribution in [3.8, 4) is 69.0 Å². The molecule has 2 fully saturated rings. The number of ether oxygens (including phenoxy) is 14. The third-order valence-electron chi connectivity index (χ3n) is 18.2. The highest BCUT2D eigenvalue weighted by molar-refractivity contribution is 14.1. The van der Waals surface area contributed by atoms with Gasteiger partial charge in [0.1, 0.15) is 39.7 Å². The maximum atomic E-state index is 14.7. The summed E-state index contributed by atoms with van der Waals surface area (Å²) in [7, 11) is 15.2. The molecule has 0 bridgehead atoms. The van der Waals surface area contributed by atoms with E-state index in [-0.39, 0.29) is 24.9 Å². The maximum Gasteiger partial charge on any atom is 0.329 e. The molecule has 2 heterocycles. The summed E-state index contributed by atoms with van der Waals surface area (Å²) in [6, 6.07) is 30.1. The number of aliphatic hydroxyl groups excluding tert-OH is 1. The van der Waals surface area contributed by atoms with Crippen molar-refractivity contribution in [3.63, 3.8) is 0 Å². The third-order valence-corrected chi connectivity index (χ3v) is 19.4. The quantitative estimate of drug-likeness (QED) is 0.0186. The second-order valence-corrected chi connectivity index (χ2v) is 25.9. The summed E-state index contributed by atoms with van der Waals surface area (Å²) in [5.41, 5.74) is 4.19. The fourth-order valence-corrected chi connectivity index (χ4v) is 13.4. The first-order valence-electron chi connectivity index (χ1n) is 34.2. The van der Waals surface area contributed by atoms with Crippen molar-refractivity contribution in [2.45, 2.75) is 118 Å². The largest absolute Gasteiger partial charge is 0.493 e. The van der Waals surface area contributed by atoms with E-state index >= 15 is 0 Å². The van der Waals surface area contributed by atoms with Gasteiger partial charge in [-0.15, -0.1) is 0 Å². The topological polar surface area (TPSA) is 282 Å². The van der Waals surface area contributed by atoms with E-state index in [4.69, 9.17) is 66.3 Å². The molecule has 0 aromatic heterocycles. The molecule has 2 aliphatic rings. The SMILES string of the molecule is CCC(C(=O)N1CCCC[C@H]1C(=O)OC(CCc1ccc(OC)c(OC)c1)c1cccc(OCC(=O)NCC(O)CNC(=O)COc2cccc([C@@H](CCc3ccc(OC)c(OC)c3)OC(=O)[C@@H]3CCCCN3C(=O)[C@@H](I)c3cc(OC)c(OC)c(OC)c3)c2)c1)c1cc(OC)c(OC)c(OC)c1. The lowest BCUT2D eigenvalue weighted by Gasteiger charge is -2.37. The average molecular weight is 1540 g/mol. The number of likely N-dealkylation sites (tertiary alicyclic amines) is 2. The highest BCUT2D eigenvalue weighted by Gasteiger charge is 2.40. The number of hydrogen-bond donors (Lipinski definition) is 3. The van der Waals surface area contributed by atoms with E-state index in [9.17, 15) is 33.9 Å². The Hall–Kier alpha value is -9.57. The van der Waals surface area contributed by atoms with Crippen LogP contribution in [0.25, 0.3) is 0 Å². The van der Waals surface area contributed by atoms with E-state index in [1.807, 2.05) is 31.2 Å². The van der Waals surface area contributed by atoms with Gasteiger partial charge >= 0.3 is 11.9 Å². The van der Waals surface area contributed by atoms with Crippen LogP contribution in [-0.4, -0.2) is 179 Å². The molecule has 25 nitrogen and oxygen atoms in total. The molecule has 2 aliphatic heterocycles. The number of carbonyl (C=O) groups is 6. The van der Waals surface area contributed by atoms with Crippen LogP contribution in [0.4, 0.5) is 0 Å². The van der Waals surface area contributed by atoms with Crippen molar-refractivity contribution in [1.82, 2.24) is 20.4 Å². The van der Waals surface area contributed by atoms with E-state index in [2.05, 4.69) is 33.2 Å².